The van der Waals surface area contributed by atoms with Gasteiger partial charge in [0.25, 0.3) is 0 Å². The van der Waals surface area contributed by atoms with E-state index in [4.69, 9.17) is 5.26 Å². The van der Waals surface area contributed by atoms with Crippen LogP contribution >= 0.6 is 0 Å². The molecule has 0 saturated carbocycles. The second kappa shape index (κ2) is 2.90. The zero-order valence-corrected chi connectivity index (χ0v) is 3.35. The molecule has 0 aromatic heterocycles. The summed E-state index contributed by atoms with van der Waals surface area (Å²) in [6, 6.07) is 0. The van der Waals surface area contributed by atoms with Crippen LogP contribution in [0.25, 0.3) is 0 Å². The van der Waals surface area contributed by atoms with Gasteiger partial charge >= 0.3 is 0 Å². The van der Waals surface area contributed by atoms with Gasteiger partial charge in [0.15, 0.2) is 0 Å². The minimum Gasteiger partial charge on any atom is -0.367 e. The molecule has 0 rings (SSSR count). The van der Waals surface area contributed by atoms with E-state index in [0.29, 0.717) is 0 Å². The zero-order chi connectivity index (χ0) is 5.70. The van der Waals surface area contributed by atoms with Crippen molar-refractivity contribution in [2.45, 2.75) is 0 Å². The van der Waals surface area contributed by atoms with Crippen molar-refractivity contribution >= 4 is 5.96 Å². The van der Waals surface area contributed by atoms with E-state index in [0.717, 1.165) is 5.54 Å². The Balaban J connectivity index is 3.56. The van der Waals surface area contributed by atoms with E-state index < -0.39 is 5.96 Å². The number of rotatable bonds is 0. The summed E-state index contributed by atoms with van der Waals surface area (Å²) in [7, 11) is 0. The quantitative estimate of drug-likeness (QED) is 0.183. The van der Waals surface area contributed by atoms with E-state index in [1.807, 2.05) is 0 Å². The molecule has 0 heterocycles. The summed E-state index contributed by atoms with van der Waals surface area (Å²) < 4.78 is 10.9. The molecule has 5 heteroatoms. The third-order valence-electron chi connectivity index (χ3n) is 0.267. The Bertz CT molecular complexity index is 111. The molecule has 0 aliphatic carbocycles. The van der Waals surface area contributed by atoms with Crippen LogP contribution in [-0.4, -0.2) is 5.96 Å². The third kappa shape index (κ3) is 2.49. The predicted molar refractivity (Wildman–Crippen MR) is 21.5 cm³/mol. The lowest BCUT2D eigenvalue weighted by Gasteiger charge is -1.83. The molecular formula is C2H3FN4. The van der Waals surface area contributed by atoms with Crippen LogP contribution in [0.4, 0.5) is 4.48 Å². The van der Waals surface area contributed by atoms with Gasteiger partial charge in [-0.25, -0.2) is 0 Å². The van der Waals surface area contributed by atoms with Crippen LogP contribution < -0.4 is 11.3 Å². The summed E-state index contributed by atoms with van der Waals surface area (Å²) in [6.07, 6.45) is 1.28. The van der Waals surface area contributed by atoms with Crippen molar-refractivity contribution in [3.05, 3.63) is 0 Å². The number of nitriles is 1. The van der Waals surface area contributed by atoms with Gasteiger partial charge in [0.05, 0.1) is 0 Å². The summed E-state index contributed by atoms with van der Waals surface area (Å²) in [4.78, 5) is 2.76. The molecule has 0 aliphatic heterocycles. The number of halogens is 1. The van der Waals surface area contributed by atoms with Gasteiger partial charge < -0.3 is 5.73 Å². The van der Waals surface area contributed by atoms with E-state index >= 15 is 0 Å². The molecule has 0 fully saturated rings. The second-order valence-corrected chi connectivity index (χ2v) is 0.692. The Labute approximate surface area is 39.4 Å². The first-order valence-corrected chi connectivity index (χ1v) is 1.40. The number of nitrogens with zero attached hydrogens (tertiary/aromatic N) is 2. The maximum atomic E-state index is 10.9. The minimum absolute atomic E-state index is 0.525. The van der Waals surface area contributed by atoms with E-state index in [1.54, 1.807) is 0 Å². The first-order valence-electron chi connectivity index (χ1n) is 1.40. The fraction of sp³-hybridized carbons (Fsp3) is 0. The largest absolute Gasteiger partial charge is 0.367 e. The van der Waals surface area contributed by atoms with Gasteiger partial charge in [-0.3, -0.25) is 0 Å². The maximum absolute atomic E-state index is 10.9. The van der Waals surface area contributed by atoms with Gasteiger partial charge in [0, 0.05) is 0 Å². The predicted octanol–water partition coefficient (Wildman–Crippen LogP) is -0.744. The number of aliphatic imine (C=N–C) groups is 1. The summed E-state index contributed by atoms with van der Waals surface area (Å²) in [5.41, 5.74) is 5.60. The average Bonchev–Trinajstić information content (AvgIpc) is 1.68. The molecule has 0 aromatic rings. The highest BCUT2D eigenvalue weighted by molar-refractivity contribution is 5.77. The standard InChI is InChI=1S/C2H3FN4/c3-7-2(5)6-1-4/h(H3,5,6,7). The lowest BCUT2D eigenvalue weighted by molar-refractivity contribution is 0.430. The van der Waals surface area contributed by atoms with Crippen molar-refractivity contribution < 1.29 is 4.48 Å². The molecule has 0 atom stereocenters. The molecule has 38 valence electrons. The van der Waals surface area contributed by atoms with Crippen LogP contribution in [0.1, 0.15) is 0 Å². The Morgan fingerprint density at radius 3 is 2.71 bits per heavy atom. The first-order chi connectivity index (χ1) is 3.31. The van der Waals surface area contributed by atoms with Gasteiger partial charge in [-0.15, -0.1) is 9.47 Å². The Kier molecular flexibility index (Phi) is 2.36. The maximum Gasteiger partial charge on any atom is 0.232 e. The van der Waals surface area contributed by atoms with Gasteiger partial charge in [-0.1, -0.05) is 0 Å². The smallest absolute Gasteiger partial charge is 0.232 e. The van der Waals surface area contributed by atoms with Crippen LogP contribution in [-0.2, 0) is 0 Å². The van der Waals surface area contributed by atoms with E-state index in [9.17, 15) is 4.48 Å². The molecule has 0 aromatic carbocycles. The Morgan fingerprint density at radius 2 is 2.57 bits per heavy atom. The lowest BCUT2D eigenvalue weighted by Crippen LogP contribution is -2.23. The molecule has 0 saturated heterocycles. The highest BCUT2D eigenvalue weighted by Gasteiger charge is 1.80. The Morgan fingerprint density at radius 1 is 2.00 bits per heavy atom. The Hall–Kier alpha value is -1.31. The molecule has 4 nitrogen and oxygen atoms in total. The molecule has 0 bridgehead atoms. The first kappa shape index (κ1) is 5.69. The van der Waals surface area contributed by atoms with Gasteiger partial charge in [0.2, 0.25) is 12.2 Å². The molecule has 7 heavy (non-hydrogen) atoms. The van der Waals surface area contributed by atoms with Crippen LogP contribution in [0.5, 0.6) is 0 Å². The highest BCUT2D eigenvalue weighted by Crippen LogP contribution is 1.58. The zero-order valence-electron chi connectivity index (χ0n) is 3.35. The van der Waals surface area contributed by atoms with E-state index in [-0.39, 0.29) is 0 Å². The third-order valence-corrected chi connectivity index (χ3v) is 0.267. The molecule has 3 N–H and O–H groups in total. The summed E-state index contributed by atoms with van der Waals surface area (Å²) in [5.74, 6) is -0.525. The number of hydrogen-bond acceptors (Lipinski definition) is 2. The van der Waals surface area contributed by atoms with Crippen molar-refractivity contribution in [1.82, 2.24) is 5.54 Å². The lowest BCUT2D eigenvalue weighted by atomic mass is 11.0. The fourth-order valence-corrected chi connectivity index (χ4v) is 0.0750. The second-order valence-electron chi connectivity index (χ2n) is 0.692. The van der Waals surface area contributed by atoms with Crippen molar-refractivity contribution in [3.63, 3.8) is 0 Å². The SMILES string of the molecule is N#CN=C(N)NF. The van der Waals surface area contributed by atoms with Crippen LogP contribution in [0.2, 0.25) is 0 Å². The average molecular weight is 102 g/mol. The summed E-state index contributed by atoms with van der Waals surface area (Å²) in [5, 5.41) is 7.64. The van der Waals surface area contributed by atoms with Gasteiger partial charge in [0.1, 0.15) is 0 Å². The van der Waals surface area contributed by atoms with Crippen molar-refractivity contribution in [3.8, 4) is 6.19 Å². The monoisotopic (exact) mass is 102 g/mol. The number of nitrogens with one attached hydrogen (secondary N) is 1. The fourth-order valence-electron chi connectivity index (χ4n) is 0.0750. The van der Waals surface area contributed by atoms with Gasteiger partial charge in [-0.05, 0) is 0 Å². The number of nitrogens with two attached hydrogens (primary N) is 1. The van der Waals surface area contributed by atoms with Crippen molar-refractivity contribution in [2.24, 2.45) is 10.7 Å². The van der Waals surface area contributed by atoms with Crippen molar-refractivity contribution in [2.75, 3.05) is 0 Å². The molecule has 0 amide bonds. The van der Waals surface area contributed by atoms with Crippen LogP contribution in [0.3, 0.4) is 0 Å². The highest BCUT2D eigenvalue weighted by atomic mass is 19.2. The normalized spacial score (nSPS) is 10.0. The van der Waals surface area contributed by atoms with Crippen molar-refractivity contribution in [1.29, 1.82) is 5.26 Å². The minimum atomic E-state index is -0.525. The molecular weight excluding hydrogens is 99.0 g/mol. The molecule has 0 aliphatic rings. The van der Waals surface area contributed by atoms with Crippen LogP contribution in [0.15, 0.2) is 4.99 Å². The van der Waals surface area contributed by atoms with E-state index in [2.05, 4.69) is 10.7 Å². The molecule has 0 spiro atoms. The molecule has 0 radical (unpaired) electrons. The van der Waals surface area contributed by atoms with Crippen LogP contribution in [0, 0.1) is 11.5 Å². The van der Waals surface area contributed by atoms with Gasteiger partial charge in [-0.2, -0.15) is 10.8 Å². The topological polar surface area (TPSA) is 74.2 Å². The number of hydrogen-bond donors (Lipinski definition) is 2. The summed E-state index contributed by atoms with van der Waals surface area (Å²) in [6.45, 7) is 0. The number of guanidine groups is 1. The summed E-state index contributed by atoms with van der Waals surface area (Å²) >= 11 is 0. The molecule has 0 unspecified atom stereocenters. The van der Waals surface area contributed by atoms with E-state index in [1.165, 1.54) is 6.19 Å².